The Morgan fingerprint density at radius 1 is 1.41 bits per heavy atom. The van der Waals surface area contributed by atoms with E-state index in [0.29, 0.717) is 17.3 Å². The van der Waals surface area contributed by atoms with Crippen molar-refractivity contribution in [3.8, 4) is 0 Å². The Balaban J connectivity index is 3.05. The summed E-state index contributed by atoms with van der Waals surface area (Å²) in [7, 11) is 0. The first-order valence-electron chi connectivity index (χ1n) is 5.75. The number of nitrogens with zero attached hydrogens (tertiary/aromatic N) is 1. The summed E-state index contributed by atoms with van der Waals surface area (Å²) in [6.07, 6.45) is 0.840. The van der Waals surface area contributed by atoms with Gasteiger partial charge in [0.2, 0.25) is 5.91 Å². The van der Waals surface area contributed by atoms with E-state index >= 15 is 0 Å². The van der Waals surface area contributed by atoms with E-state index in [1.165, 1.54) is 6.92 Å². The van der Waals surface area contributed by atoms with E-state index in [1.807, 2.05) is 32.0 Å². The number of hydrogen-bond acceptors (Lipinski definition) is 2. The van der Waals surface area contributed by atoms with Gasteiger partial charge >= 0.3 is 0 Å². The van der Waals surface area contributed by atoms with E-state index < -0.39 is 0 Å². The minimum Gasteiger partial charge on any atom is -0.361 e. The molecule has 0 unspecified atom stereocenters. The Hall–Kier alpha value is -1.06. The van der Waals surface area contributed by atoms with Crippen molar-refractivity contribution >= 4 is 23.2 Å². The van der Waals surface area contributed by atoms with Gasteiger partial charge in [0.05, 0.1) is 10.7 Å². The third-order valence-electron chi connectivity index (χ3n) is 2.53. The average Bonchev–Trinajstić information content (AvgIpc) is 2.31. The van der Waals surface area contributed by atoms with Crippen LogP contribution in [0.5, 0.6) is 0 Å². The van der Waals surface area contributed by atoms with Gasteiger partial charge in [-0.05, 0) is 25.0 Å². The van der Waals surface area contributed by atoms with Gasteiger partial charge in [-0.1, -0.05) is 30.7 Å². The Morgan fingerprint density at radius 3 is 2.65 bits per heavy atom. The second-order valence-electron chi connectivity index (χ2n) is 3.67. The molecular formula is C13H18ClNO2. The first-order valence-corrected chi connectivity index (χ1v) is 6.12. The molecule has 0 spiro atoms. The van der Waals surface area contributed by atoms with Crippen molar-refractivity contribution in [3.05, 3.63) is 28.8 Å². The van der Waals surface area contributed by atoms with E-state index in [-0.39, 0.29) is 12.6 Å². The number of hydrogen-bond donors (Lipinski definition) is 0. The predicted octanol–water partition coefficient (Wildman–Crippen LogP) is 3.25. The van der Waals surface area contributed by atoms with Gasteiger partial charge in [-0.15, -0.1) is 0 Å². The highest BCUT2D eigenvalue weighted by Crippen LogP contribution is 2.29. The highest BCUT2D eigenvalue weighted by molar-refractivity contribution is 6.34. The molecule has 0 aromatic heterocycles. The predicted molar refractivity (Wildman–Crippen MR) is 70.5 cm³/mol. The van der Waals surface area contributed by atoms with Crippen molar-refractivity contribution in [2.45, 2.75) is 27.2 Å². The SMILES string of the molecule is CCOCN(C(C)=O)c1cccc(CC)c1Cl. The number of rotatable bonds is 5. The normalized spacial score (nSPS) is 10.4. The van der Waals surface area contributed by atoms with E-state index in [9.17, 15) is 4.79 Å². The van der Waals surface area contributed by atoms with Crippen LogP contribution in [-0.4, -0.2) is 19.2 Å². The van der Waals surface area contributed by atoms with Crippen molar-refractivity contribution in [3.63, 3.8) is 0 Å². The second-order valence-corrected chi connectivity index (χ2v) is 4.05. The molecule has 0 heterocycles. The van der Waals surface area contributed by atoms with Crippen LogP contribution in [0.15, 0.2) is 18.2 Å². The lowest BCUT2D eigenvalue weighted by molar-refractivity contribution is -0.117. The van der Waals surface area contributed by atoms with Gasteiger partial charge in [0.1, 0.15) is 6.73 Å². The third-order valence-corrected chi connectivity index (χ3v) is 2.97. The molecule has 0 aliphatic rings. The van der Waals surface area contributed by atoms with Crippen LogP contribution >= 0.6 is 11.6 Å². The molecule has 1 amide bonds. The molecule has 0 fully saturated rings. The molecule has 94 valence electrons. The molecule has 1 aromatic rings. The molecule has 0 aliphatic carbocycles. The first kappa shape index (κ1) is 14.0. The molecule has 0 aliphatic heterocycles. The lowest BCUT2D eigenvalue weighted by Crippen LogP contribution is -2.31. The molecule has 4 heteroatoms. The average molecular weight is 256 g/mol. The zero-order valence-corrected chi connectivity index (χ0v) is 11.3. The number of ether oxygens (including phenoxy) is 1. The van der Waals surface area contributed by atoms with Gasteiger partial charge in [0.25, 0.3) is 0 Å². The number of aryl methyl sites for hydroxylation is 1. The van der Waals surface area contributed by atoms with Crippen LogP contribution in [0.3, 0.4) is 0 Å². The zero-order valence-electron chi connectivity index (χ0n) is 10.5. The maximum absolute atomic E-state index is 11.6. The molecule has 3 nitrogen and oxygen atoms in total. The van der Waals surface area contributed by atoms with Crippen molar-refractivity contribution in [2.75, 3.05) is 18.2 Å². The molecule has 0 saturated carbocycles. The van der Waals surface area contributed by atoms with E-state index in [4.69, 9.17) is 16.3 Å². The molecule has 17 heavy (non-hydrogen) atoms. The van der Waals surface area contributed by atoms with Crippen LogP contribution in [0.2, 0.25) is 5.02 Å². The van der Waals surface area contributed by atoms with Gasteiger partial charge in [0, 0.05) is 13.5 Å². The monoisotopic (exact) mass is 255 g/mol. The topological polar surface area (TPSA) is 29.5 Å². The Kier molecular flexibility index (Phi) is 5.45. The van der Waals surface area contributed by atoms with Crippen LogP contribution in [0, 0.1) is 0 Å². The summed E-state index contributed by atoms with van der Waals surface area (Å²) in [6.45, 7) is 6.23. The van der Waals surface area contributed by atoms with Crippen LogP contribution in [0.1, 0.15) is 26.3 Å². The lowest BCUT2D eigenvalue weighted by Gasteiger charge is -2.22. The second kappa shape index (κ2) is 6.62. The number of carbonyl (C=O) groups excluding carboxylic acids is 1. The summed E-state index contributed by atoms with van der Waals surface area (Å²) in [5.41, 5.74) is 1.75. The molecule has 1 aromatic carbocycles. The number of halogens is 1. The van der Waals surface area contributed by atoms with Crippen molar-refractivity contribution in [1.29, 1.82) is 0 Å². The summed E-state index contributed by atoms with van der Waals surface area (Å²) in [6, 6.07) is 5.70. The third kappa shape index (κ3) is 3.45. The summed E-state index contributed by atoms with van der Waals surface area (Å²) >= 11 is 6.28. The first-order chi connectivity index (χ1) is 8.11. The smallest absolute Gasteiger partial charge is 0.225 e. The molecule has 0 bridgehead atoms. The summed E-state index contributed by atoms with van der Waals surface area (Å²) < 4.78 is 5.29. The van der Waals surface area contributed by atoms with Gasteiger partial charge in [-0.2, -0.15) is 0 Å². The molecule has 0 atom stereocenters. The van der Waals surface area contributed by atoms with E-state index in [1.54, 1.807) is 4.90 Å². The zero-order chi connectivity index (χ0) is 12.8. The van der Waals surface area contributed by atoms with Gasteiger partial charge in [-0.3, -0.25) is 9.69 Å². The van der Waals surface area contributed by atoms with Gasteiger partial charge in [0.15, 0.2) is 0 Å². The standard InChI is InChI=1S/C13H18ClNO2/c1-4-11-7-6-8-12(13(11)14)15(10(3)16)9-17-5-2/h6-8H,4-5,9H2,1-3H3. The Morgan fingerprint density at radius 2 is 2.12 bits per heavy atom. The lowest BCUT2D eigenvalue weighted by atomic mass is 10.1. The van der Waals surface area contributed by atoms with Crippen LogP contribution in [-0.2, 0) is 16.0 Å². The van der Waals surface area contributed by atoms with Crippen LogP contribution in [0.25, 0.3) is 0 Å². The van der Waals surface area contributed by atoms with E-state index in [2.05, 4.69) is 0 Å². The Labute approximate surface area is 107 Å². The van der Waals surface area contributed by atoms with Crippen molar-refractivity contribution in [1.82, 2.24) is 0 Å². The number of anilines is 1. The number of benzene rings is 1. The molecule has 0 saturated heterocycles. The quantitative estimate of drug-likeness (QED) is 0.756. The molecule has 1 rings (SSSR count). The number of carbonyl (C=O) groups is 1. The number of amides is 1. The maximum atomic E-state index is 11.6. The van der Waals surface area contributed by atoms with E-state index in [0.717, 1.165) is 12.0 Å². The van der Waals surface area contributed by atoms with Gasteiger partial charge in [-0.25, -0.2) is 0 Å². The molecule has 0 N–H and O–H groups in total. The molecular weight excluding hydrogens is 238 g/mol. The Bertz CT molecular complexity index is 393. The summed E-state index contributed by atoms with van der Waals surface area (Å²) in [5, 5.41) is 0.630. The minimum atomic E-state index is -0.0754. The highest BCUT2D eigenvalue weighted by Gasteiger charge is 2.15. The fraction of sp³-hybridized carbons (Fsp3) is 0.462. The fourth-order valence-corrected chi connectivity index (χ4v) is 1.92. The van der Waals surface area contributed by atoms with Crippen molar-refractivity contribution < 1.29 is 9.53 Å². The minimum absolute atomic E-state index is 0.0754. The van der Waals surface area contributed by atoms with Gasteiger partial charge < -0.3 is 4.74 Å². The van der Waals surface area contributed by atoms with Crippen molar-refractivity contribution in [2.24, 2.45) is 0 Å². The highest BCUT2D eigenvalue weighted by atomic mass is 35.5. The maximum Gasteiger partial charge on any atom is 0.225 e. The largest absolute Gasteiger partial charge is 0.361 e. The molecule has 0 radical (unpaired) electrons. The summed E-state index contributed by atoms with van der Waals surface area (Å²) in [4.78, 5) is 13.1. The fourth-order valence-electron chi connectivity index (χ4n) is 1.56. The van der Waals surface area contributed by atoms with Crippen LogP contribution in [0.4, 0.5) is 5.69 Å². The summed E-state index contributed by atoms with van der Waals surface area (Å²) in [5.74, 6) is -0.0754. The van der Waals surface area contributed by atoms with Crippen LogP contribution < -0.4 is 4.90 Å².